The first-order valence-corrected chi connectivity index (χ1v) is 11.0. The van der Waals surface area contributed by atoms with Gasteiger partial charge in [-0.3, -0.25) is 29.6 Å². The number of carbonyl (C=O) groups excluding carboxylic acids is 4. The lowest BCUT2D eigenvalue weighted by molar-refractivity contribution is -0.151. The normalized spacial score (nSPS) is 15.4. The second kappa shape index (κ2) is 10.4. The van der Waals surface area contributed by atoms with Crippen LogP contribution in [0.15, 0.2) is 46.9 Å². The number of benzene rings is 2. The number of nitrogens with zero attached hydrogens (tertiary/aromatic N) is 1. The second-order valence-corrected chi connectivity index (χ2v) is 8.44. The summed E-state index contributed by atoms with van der Waals surface area (Å²) >= 11 is 3.39. The van der Waals surface area contributed by atoms with Gasteiger partial charge in [-0.05, 0) is 49.2 Å². The van der Waals surface area contributed by atoms with Crippen LogP contribution in [0.25, 0.3) is 0 Å². The molecular formula is C23H24BrN3O5. The lowest BCUT2D eigenvalue weighted by Gasteiger charge is -2.17. The van der Waals surface area contributed by atoms with E-state index in [1.807, 2.05) is 32.0 Å². The lowest BCUT2D eigenvalue weighted by Crippen LogP contribution is -2.43. The van der Waals surface area contributed by atoms with E-state index in [4.69, 9.17) is 4.74 Å². The van der Waals surface area contributed by atoms with Crippen LogP contribution in [0.4, 0.5) is 5.69 Å². The molecule has 0 saturated carbocycles. The summed E-state index contributed by atoms with van der Waals surface area (Å²) in [5.74, 6) is -2.71. The molecule has 0 aliphatic carbocycles. The average Bonchev–Trinajstić information content (AvgIpc) is 3.13. The molecule has 3 rings (SSSR count). The Bertz CT molecular complexity index is 1060. The zero-order chi connectivity index (χ0) is 23.3. The van der Waals surface area contributed by atoms with Crippen LogP contribution >= 0.6 is 15.9 Å². The molecule has 1 atom stereocenters. The van der Waals surface area contributed by atoms with E-state index in [1.165, 1.54) is 0 Å². The molecule has 2 N–H and O–H groups in total. The summed E-state index contributed by atoms with van der Waals surface area (Å²) in [5, 5.41) is 3.85. The van der Waals surface area contributed by atoms with E-state index in [0.717, 1.165) is 27.0 Å². The third-order valence-corrected chi connectivity index (χ3v) is 5.54. The van der Waals surface area contributed by atoms with Crippen LogP contribution in [0, 0.1) is 12.8 Å². The number of hydrogen-bond donors (Lipinski definition) is 2. The maximum Gasteiger partial charge on any atom is 0.311 e. The van der Waals surface area contributed by atoms with Gasteiger partial charge in [-0.1, -0.05) is 40.5 Å². The SMILES string of the molecule is CCc1cc(Br)ccc1NC(=O)COC(=O)[C@@H]1CC(=O)N(NC(=O)c2cccc(C)c2)C1. The van der Waals surface area contributed by atoms with Gasteiger partial charge in [0, 0.05) is 22.1 Å². The number of aryl methyl sites for hydroxylation is 2. The first-order valence-electron chi connectivity index (χ1n) is 10.2. The summed E-state index contributed by atoms with van der Waals surface area (Å²) in [6, 6.07) is 12.4. The van der Waals surface area contributed by atoms with Crippen LogP contribution in [-0.2, 0) is 25.5 Å². The summed E-state index contributed by atoms with van der Waals surface area (Å²) in [5.41, 5.74) is 5.45. The van der Waals surface area contributed by atoms with Gasteiger partial charge in [0.15, 0.2) is 6.61 Å². The van der Waals surface area contributed by atoms with Crippen LogP contribution in [0.2, 0.25) is 0 Å². The molecule has 1 heterocycles. The standard InChI is InChI=1S/C23H24BrN3O5/c1-3-15-10-18(24)7-8-19(15)25-20(28)13-32-23(31)17-11-21(29)27(12-17)26-22(30)16-6-4-5-14(2)9-16/h4-10,17H,3,11-13H2,1-2H3,(H,25,28)(H,26,30)/t17-/m1/s1. The van der Waals surface area contributed by atoms with Gasteiger partial charge in [0.1, 0.15) is 0 Å². The van der Waals surface area contributed by atoms with E-state index in [2.05, 4.69) is 26.7 Å². The van der Waals surface area contributed by atoms with E-state index in [-0.39, 0.29) is 18.9 Å². The Balaban J connectivity index is 1.50. The molecule has 0 radical (unpaired) electrons. The van der Waals surface area contributed by atoms with Crippen molar-refractivity contribution >= 4 is 45.3 Å². The molecule has 0 aromatic heterocycles. The second-order valence-electron chi connectivity index (χ2n) is 7.53. The monoisotopic (exact) mass is 501 g/mol. The summed E-state index contributed by atoms with van der Waals surface area (Å²) in [6.45, 7) is 3.36. The number of rotatable bonds is 7. The van der Waals surface area contributed by atoms with Crippen molar-refractivity contribution in [2.75, 3.05) is 18.5 Å². The number of nitrogens with one attached hydrogen (secondary N) is 2. The van der Waals surface area contributed by atoms with Crippen molar-refractivity contribution in [1.29, 1.82) is 0 Å². The van der Waals surface area contributed by atoms with Crippen LogP contribution in [0.1, 0.15) is 34.8 Å². The maximum absolute atomic E-state index is 12.4. The van der Waals surface area contributed by atoms with Gasteiger partial charge in [0.05, 0.1) is 12.5 Å². The molecule has 1 aliphatic heterocycles. The van der Waals surface area contributed by atoms with Crippen LogP contribution in [0.3, 0.4) is 0 Å². The Kier molecular flexibility index (Phi) is 7.63. The molecule has 1 saturated heterocycles. The average molecular weight is 502 g/mol. The highest BCUT2D eigenvalue weighted by Gasteiger charge is 2.36. The van der Waals surface area contributed by atoms with E-state index in [0.29, 0.717) is 11.3 Å². The van der Waals surface area contributed by atoms with Crippen molar-refractivity contribution in [3.8, 4) is 0 Å². The Morgan fingerprint density at radius 2 is 1.97 bits per heavy atom. The Labute approximate surface area is 194 Å². The van der Waals surface area contributed by atoms with Crippen molar-refractivity contribution < 1.29 is 23.9 Å². The summed E-state index contributed by atoms with van der Waals surface area (Å²) < 4.78 is 6.01. The van der Waals surface area contributed by atoms with E-state index in [9.17, 15) is 19.2 Å². The molecule has 2 aromatic carbocycles. The fraction of sp³-hybridized carbons (Fsp3) is 0.304. The molecule has 32 heavy (non-hydrogen) atoms. The molecule has 0 unspecified atom stereocenters. The molecule has 0 spiro atoms. The third kappa shape index (κ3) is 5.94. The van der Waals surface area contributed by atoms with Crippen molar-refractivity contribution in [1.82, 2.24) is 10.4 Å². The molecule has 0 bridgehead atoms. The van der Waals surface area contributed by atoms with Gasteiger partial charge >= 0.3 is 5.97 Å². The molecular weight excluding hydrogens is 478 g/mol. The minimum atomic E-state index is -0.757. The highest BCUT2D eigenvalue weighted by molar-refractivity contribution is 9.10. The van der Waals surface area contributed by atoms with Crippen molar-refractivity contribution in [3.05, 3.63) is 63.6 Å². The van der Waals surface area contributed by atoms with Gasteiger partial charge in [-0.2, -0.15) is 0 Å². The van der Waals surface area contributed by atoms with Crippen molar-refractivity contribution in [3.63, 3.8) is 0 Å². The number of esters is 1. The van der Waals surface area contributed by atoms with Crippen molar-refractivity contribution in [2.45, 2.75) is 26.7 Å². The predicted molar refractivity (Wildman–Crippen MR) is 122 cm³/mol. The topological polar surface area (TPSA) is 105 Å². The summed E-state index contributed by atoms with van der Waals surface area (Å²) in [6.07, 6.45) is 0.629. The van der Waals surface area contributed by atoms with E-state index in [1.54, 1.807) is 24.3 Å². The largest absolute Gasteiger partial charge is 0.455 e. The summed E-state index contributed by atoms with van der Waals surface area (Å²) in [7, 11) is 0. The van der Waals surface area contributed by atoms with Crippen molar-refractivity contribution in [2.24, 2.45) is 5.92 Å². The third-order valence-electron chi connectivity index (χ3n) is 5.04. The van der Waals surface area contributed by atoms with Gasteiger partial charge in [-0.25, -0.2) is 0 Å². The number of anilines is 1. The smallest absolute Gasteiger partial charge is 0.311 e. The van der Waals surface area contributed by atoms with Crippen LogP contribution < -0.4 is 10.7 Å². The molecule has 3 amide bonds. The number of carbonyl (C=O) groups is 4. The minimum absolute atomic E-state index is 0.0104. The van der Waals surface area contributed by atoms with Crippen LogP contribution in [0.5, 0.6) is 0 Å². The highest BCUT2D eigenvalue weighted by atomic mass is 79.9. The molecule has 8 nitrogen and oxygen atoms in total. The first-order chi connectivity index (χ1) is 15.3. The quantitative estimate of drug-likeness (QED) is 0.567. The van der Waals surface area contributed by atoms with E-state index >= 15 is 0 Å². The van der Waals surface area contributed by atoms with Gasteiger partial charge in [0.2, 0.25) is 5.91 Å². The fourth-order valence-corrected chi connectivity index (χ4v) is 3.77. The fourth-order valence-electron chi connectivity index (χ4n) is 3.36. The number of amides is 3. The maximum atomic E-state index is 12.4. The lowest BCUT2D eigenvalue weighted by atomic mass is 10.1. The molecule has 168 valence electrons. The first kappa shape index (κ1) is 23.5. The Morgan fingerprint density at radius 3 is 2.69 bits per heavy atom. The zero-order valence-electron chi connectivity index (χ0n) is 17.8. The molecule has 9 heteroatoms. The molecule has 1 fully saturated rings. The van der Waals surface area contributed by atoms with Gasteiger partial charge < -0.3 is 10.1 Å². The Hall–Kier alpha value is -3.20. The molecule has 1 aliphatic rings. The molecule has 2 aromatic rings. The van der Waals surface area contributed by atoms with Gasteiger partial charge in [0.25, 0.3) is 11.8 Å². The van der Waals surface area contributed by atoms with Gasteiger partial charge in [-0.15, -0.1) is 0 Å². The predicted octanol–water partition coefficient (Wildman–Crippen LogP) is 3.00. The zero-order valence-corrected chi connectivity index (χ0v) is 19.4. The highest BCUT2D eigenvalue weighted by Crippen LogP contribution is 2.22. The number of hydrazine groups is 1. The Morgan fingerprint density at radius 1 is 1.19 bits per heavy atom. The number of halogens is 1. The number of hydrogen-bond acceptors (Lipinski definition) is 5. The van der Waals surface area contributed by atoms with E-state index < -0.39 is 30.3 Å². The van der Waals surface area contributed by atoms with Crippen LogP contribution in [-0.4, -0.2) is 41.9 Å². The minimum Gasteiger partial charge on any atom is -0.455 e. The number of ether oxygens (including phenoxy) is 1. The summed E-state index contributed by atoms with van der Waals surface area (Å²) in [4.78, 5) is 49.2.